The molecular weight excluding hydrogens is 280 g/mol. The van der Waals surface area contributed by atoms with Gasteiger partial charge >= 0.3 is 0 Å². The van der Waals surface area contributed by atoms with Gasteiger partial charge in [0.05, 0.1) is 21.1 Å². The van der Waals surface area contributed by atoms with E-state index in [1.54, 1.807) is 6.07 Å². The third-order valence-electron chi connectivity index (χ3n) is 3.67. The molecule has 0 heterocycles. The Bertz CT molecular complexity index is 538. The summed E-state index contributed by atoms with van der Waals surface area (Å²) in [5, 5.41) is 3.37. The molecule has 1 amide bonds. The molecule has 5 heteroatoms. The molecule has 1 aromatic carbocycles. The van der Waals surface area contributed by atoms with E-state index in [1.807, 2.05) is 19.1 Å². The third kappa shape index (κ3) is 2.60. The molecule has 0 aliphatic heterocycles. The van der Waals surface area contributed by atoms with Crippen molar-refractivity contribution in [3.8, 4) is 0 Å². The summed E-state index contributed by atoms with van der Waals surface area (Å²) < 4.78 is 0. The maximum absolute atomic E-state index is 12.4. The largest absolute Gasteiger partial charge is 0.392 e. The molecule has 1 fully saturated rings. The van der Waals surface area contributed by atoms with Gasteiger partial charge in [0.15, 0.2) is 0 Å². The highest BCUT2D eigenvalue weighted by Crippen LogP contribution is 2.46. The van der Waals surface area contributed by atoms with Crippen LogP contribution in [0.3, 0.4) is 0 Å². The summed E-state index contributed by atoms with van der Waals surface area (Å²) in [7, 11) is 0. The van der Waals surface area contributed by atoms with Crippen LogP contribution in [0.2, 0.25) is 5.02 Å². The van der Waals surface area contributed by atoms with Crippen LogP contribution in [-0.2, 0) is 4.79 Å². The van der Waals surface area contributed by atoms with E-state index in [0.717, 1.165) is 5.56 Å². The molecule has 3 nitrogen and oxygen atoms in total. The molecule has 1 aliphatic rings. The highest BCUT2D eigenvalue weighted by molar-refractivity contribution is 7.80. The summed E-state index contributed by atoms with van der Waals surface area (Å²) in [4.78, 5) is 12.7. The van der Waals surface area contributed by atoms with Gasteiger partial charge in [-0.25, -0.2) is 0 Å². The van der Waals surface area contributed by atoms with E-state index in [2.05, 4.69) is 12.2 Å². The first-order chi connectivity index (χ1) is 8.85. The zero-order valence-electron chi connectivity index (χ0n) is 11.0. The number of thiocarbonyl (C=S) groups is 1. The Morgan fingerprint density at radius 3 is 2.63 bits per heavy atom. The van der Waals surface area contributed by atoms with E-state index in [0.29, 0.717) is 29.5 Å². The maximum Gasteiger partial charge on any atom is 0.237 e. The van der Waals surface area contributed by atoms with E-state index in [1.165, 1.54) is 0 Å². The second kappa shape index (κ2) is 5.10. The van der Waals surface area contributed by atoms with Crippen LogP contribution in [-0.4, -0.2) is 10.9 Å². The molecule has 19 heavy (non-hydrogen) atoms. The fourth-order valence-corrected chi connectivity index (χ4v) is 3.13. The van der Waals surface area contributed by atoms with Gasteiger partial charge in [0.25, 0.3) is 0 Å². The van der Waals surface area contributed by atoms with Gasteiger partial charge in [-0.05, 0) is 43.4 Å². The van der Waals surface area contributed by atoms with Gasteiger partial charge in [0, 0.05) is 0 Å². The fourth-order valence-electron chi connectivity index (χ4n) is 2.59. The standard InChI is InChI=1S/C14H17ClN2OS/c1-8-3-4-11(10(15)5-8)17-13(18)14(12(16)19)6-9(2)7-14/h3-5,9H,6-7H2,1-2H3,(H2,16,19)(H,17,18). The van der Waals surface area contributed by atoms with Crippen LogP contribution in [0.25, 0.3) is 0 Å². The van der Waals surface area contributed by atoms with Crippen molar-refractivity contribution in [2.45, 2.75) is 26.7 Å². The summed E-state index contributed by atoms with van der Waals surface area (Å²) >= 11 is 11.2. The number of nitrogens with two attached hydrogens (primary N) is 1. The number of anilines is 1. The summed E-state index contributed by atoms with van der Waals surface area (Å²) in [6.45, 7) is 4.03. The molecule has 0 radical (unpaired) electrons. The lowest BCUT2D eigenvalue weighted by molar-refractivity contribution is -0.127. The van der Waals surface area contributed by atoms with Crippen molar-refractivity contribution in [2.24, 2.45) is 17.1 Å². The zero-order valence-corrected chi connectivity index (χ0v) is 12.6. The quantitative estimate of drug-likeness (QED) is 0.842. The van der Waals surface area contributed by atoms with E-state index in [9.17, 15) is 4.79 Å². The SMILES string of the molecule is Cc1ccc(NC(=O)C2(C(N)=S)CC(C)C2)c(Cl)c1. The average Bonchev–Trinajstić information content (AvgIpc) is 2.27. The minimum atomic E-state index is -0.705. The topological polar surface area (TPSA) is 55.1 Å². The predicted octanol–water partition coefficient (Wildman–Crippen LogP) is 3.29. The van der Waals surface area contributed by atoms with Crippen LogP contribution >= 0.6 is 23.8 Å². The van der Waals surface area contributed by atoms with E-state index in [-0.39, 0.29) is 10.9 Å². The van der Waals surface area contributed by atoms with Gasteiger partial charge in [0.1, 0.15) is 0 Å². The van der Waals surface area contributed by atoms with Gasteiger partial charge in [-0.2, -0.15) is 0 Å². The number of nitrogens with one attached hydrogen (secondary N) is 1. The van der Waals surface area contributed by atoms with Crippen molar-refractivity contribution in [3.05, 3.63) is 28.8 Å². The Labute approximate surface area is 123 Å². The van der Waals surface area contributed by atoms with E-state index < -0.39 is 5.41 Å². The predicted molar refractivity (Wildman–Crippen MR) is 82.4 cm³/mol. The minimum Gasteiger partial charge on any atom is -0.392 e. The molecule has 0 saturated heterocycles. The first-order valence-corrected chi connectivity index (χ1v) is 7.01. The van der Waals surface area contributed by atoms with Crippen LogP contribution in [0, 0.1) is 18.3 Å². The van der Waals surface area contributed by atoms with Crippen molar-refractivity contribution < 1.29 is 4.79 Å². The third-order valence-corrected chi connectivity index (χ3v) is 4.38. The lowest BCUT2D eigenvalue weighted by Gasteiger charge is -2.44. The Morgan fingerprint density at radius 1 is 1.53 bits per heavy atom. The summed E-state index contributed by atoms with van der Waals surface area (Å²) in [5.74, 6) is 0.324. The molecule has 0 unspecified atom stereocenters. The van der Waals surface area contributed by atoms with Crippen LogP contribution in [0.1, 0.15) is 25.3 Å². The second-order valence-electron chi connectivity index (χ2n) is 5.40. The van der Waals surface area contributed by atoms with Crippen LogP contribution in [0.15, 0.2) is 18.2 Å². The van der Waals surface area contributed by atoms with Gasteiger partial charge in [0.2, 0.25) is 5.91 Å². The molecule has 0 atom stereocenters. The van der Waals surface area contributed by atoms with Crippen LogP contribution in [0.4, 0.5) is 5.69 Å². The minimum absolute atomic E-state index is 0.149. The number of hydrogen-bond donors (Lipinski definition) is 2. The van der Waals surface area contributed by atoms with Gasteiger partial charge < -0.3 is 11.1 Å². The number of hydrogen-bond acceptors (Lipinski definition) is 2. The first kappa shape index (κ1) is 14.3. The number of halogens is 1. The highest BCUT2D eigenvalue weighted by atomic mass is 35.5. The van der Waals surface area contributed by atoms with E-state index in [4.69, 9.17) is 29.6 Å². The summed E-state index contributed by atoms with van der Waals surface area (Å²) in [6.07, 6.45) is 1.41. The molecule has 3 N–H and O–H groups in total. The maximum atomic E-state index is 12.4. The lowest BCUT2D eigenvalue weighted by atomic mass is 9.62. The smallest absolute Gasteiger partial charge is 0.237 e. The highest BCUT2D eigenvalue weighted by Gasteiger charge is 2.50. The number of rotatable bonds is 3. The van der Waals surface area contributed by atoms with Gasteiger partial charge in [-0.3, -0.25) is 4.79 Å². The normalized spacial score (nSPS) is 25.5. The van der Waals surface area contributed by atoms with Crippen molar-refractivity contribution in [2.75, 3.05) is 5.32 Å². The molecule has 102 valence electrons. The van der Waals surface area contributed by atoms with Crippen LogP contribution < -0.4 is 11.1 Å². The molecule has 1 aromatic rings. The lowest BCUT2D eigenvalue weighted by Crippen LogP contribution is -2.53. The number of amides is 1. The number of benzene rings is 1. The second-order valence-corrected chi connectivity index (χ2v) is 6.24. The summed E-state index contributed by atoms with van der Waals surface area (Å²) in [6, 6.07) is 5.51. The zero-order chi connectivity index (χ0) is 14.2. The number of aryl methyl sites for hydroxylation is 1. The molecule has 2 rings (SSSR count). The Kier molecular flexibility index (Phi) is 3.83. The van der Waals surface area contributed by atoms with Gasteiger partial charge in [-0.1, -0.05) is 36.8 Å². The fraction of sp³-hybridized carbons (Fsp3) is 0.429. The Morgan fingerprint density at radius 2 is 2.16 bits per heavy atom. The van der Waals surface area contributed by atoms with Crippen molar-refractivity contribution in [1.82, 2.24) is 0 Å². The number of carbonyl (C=O) groups excluding carboxylic acids is 1. The first-order valence-electron chi connectivity index (χ1n) is 6.22. The van der Waals surface area contributed by atoms with Crippen molar-refractivity contribution in [1.29, 1.82) is 0 Å². The average molecular weight is 297 g/mol. The molecule has 1 aliphatic carbocycles. The van der Waals surface area contributed by atoms with Crippen molar-refractivity contribution in [3.63, 3.8) is 0 Å². The molecule has 0 bridgehead atoms. The van der Waals surface area contributed by atoms with E-state index >= 15 is 0 Å². The monoisotopic (exact) mass is 296 g/mol. The van der Waals surface area contributed by atoms with Crippen LogP contribution in [0.5, 0.6) is 0 Å². The number of carbonyl (C=O) groups is 1. The van der Waals surface area contributed by atoms with Crippen molar-refractivity contribution >= 4 is 40.4 Å². The molecular formula is C14H17ClN2OS. The molecule has 0 aromatic heterocycles. The Balaban J connectivity index is 2.19. The Hall–Kier alpha value is -1.13. The molecule has 0 spiro atoms. The summed E-state index contributed by atoms with van der Waals surface area (Å²) in [5.41, 5.74) is 6.69. The van der Waals surface area contributed by atoms with Gasteiger partial charge in [-0.15, -0.1) is 0 Å². The molecule has 1 saturated carbocycles.